The molecule has 1 aromatic heterocycles. The molecule has 0 unspecified atom stereocenters. The molecule has 7 nitrogen and oxygen atoms in total. The summed E-state index contributed by atoms with van der Waals surface area (Å²) in [5.41, 5.74) is 2.93. The van der Waals surface area contributed by atoms with E-state index in [0.717, 1.165) is 23.4 Å². The molecule has 24 heavy (non-hydrogen) atoms. The zero-order valence-corrected chi connectivity index (χ0v) is 14.5. The lowest BCUT2D eigenvalue weighted by Gasteiger charge is -2.19. The number of benzene rings is 1. The molecule has 0 fully saturated rings. The molecule has 0 saturated heterocycles. The summed E-state index contributed by atoms with van der Waals surface area (Å²) >= 11 is 0. The van der Waals surface area contributed by atoms with Crippen LogP contribution in [0.2, 0.25) is 0 Å². The zero-order chi connectivity index (χ0) is 17.3. The number of hydrogen-bond acceptors (Lipinski definition) is 4. The van der Waals surface area contributed by atoms with E-state index in [9.17, 15) is 13.2 Å². The fraction of sp³-hybridized carbons (Fsp3) is 0.375. The standard InChI is InChI=1S/C16H20N4O3S/c1-12-11-15(19(2)18-12)16(21)17-8-10-24(22,23)20-9-7-13-5-3-4-6-14(13)20/h3-6,11H,7-10H2,1-2H3,(H,17,21). The van der Waals surface area contributed by atoms with Crippen molar-refractivity contribution in [2.45, 2.75) is 13.3 Å². The van der Waals surface area contributed by atoms with Crippen molar-refractivity contribution in [3.05, 3.63) is 47.3 Å². The van der Waals surface area contributed by atoms with Gasteiger partial charge in [0.05, 0.1) is 17.1 Å². The van der Waals surface area contributed by atoms with E-state index < -0.39 is 10.0 Å². The van der Waals surface area contributed by atoms with E-state index in [1.54, 1.807) is 20.0 Å². The van der Waals surface area contributed by atoms with Crippen molar-refractivity contribution in [1.29, 1.82) is 0 Å². The van der Waals surface area contributed by atoms with Crippen molar-refractivity contribution >= 4 is 21.6 Å². The van der Waals surface area contributed by atoms with Gasteiger partial charge in [0.15, 0.2) is 0 Å². The van der Waals surface area contributed by atoms with E-state index in [0.29, 0.717) is 12.2 Å². The molecule has 0 radical (unpaired) electrons. The van der Waals surface area contributed by atoms with Gasteiger partial charge in [0.25, 0.3) is 5.91 Å². The molecule has 1 aromatic carbocycles. The van der Waals surface area contributed by atoms with Crippen LogP contribution in [-0.2, 0) is 23.5 Å². The summed E-state index contributed by atoms with van der Waals surface area (Å²) in [6, 6.07) is 9.17. The van der Waals surface area contributed by atoms with Gasteiger partial charge in [-0.1, -0.05) is 18.2 Å². The summed E-state index contributed by atoms with van der Waals surface area (Å²) in [5, 5.41) is 6.76. The molecule has 0 aliphatic carbocycles. The first-order chi connectivity index (χ1) is 11.4. The number of sulfonamides is 1. The molecule has 1 N–H and O–H groups in total. The first-order valence-electron chi connectivity index (χ1n) is 7.75. The maximum Gasteiger partial charge on any atom is 0.269 e. The number of rotatable bonds is 5. The Morgan fingerprint density at radius 2 is 2.08 bits per heavy atom. The summed E-state index contributed by atoms with van der Waals surface area (Å²) in [4.78, 5) is 12.1. The lowest BCUT2D eigenvalue weighted by atomic mass is 10.2. The Labute approximate surface area is 141 Å². The van der Waals surface area contributed by atoms with E-state index in [1.165, 1.54) is 8.99 Å². The van der Waals surface area contributed by atoms with Gasteiger partial charge in [-0.05, 0) is 31.0 Å². The topological polar surface area (TPSA) is 84.3 Å². The second kappa shape index (κ2) is 6.27. The Balaban J connectivity index is 1.62. The predicted octanol–water partition coefficient (Wildman–Crippen LogP) is 0.851. The van der Waals surface area contributed by atoms with Gasteiger partial charge in [0.1, 0.15) is 5.69 Å². The second-order valence-corrected chi connectivity index (χ2v) is 7.83. The Hall–Kier alpha value is -2.35. The number of nitrogens with zero attached hydrogens (tertiary/aromatic N) is 3. The number of aryl methyl sites for hydroxylation is 2. The number of amides is 1. The van der Waals surface area contributed by atoms with Crippen molar-refractivity contribution in [3.8, 4) is 0 Å². The molecule has 8 heteroatoms. The quantitative estimate of drug-likeness (QED) is 0.868. The van der Waals surface area contributed by atoms with E-state index in [1.807, 2.05) is 24.3 Å². The molecule has 2 aromatic rings. The minimum Gasteiger partial charge on any atom is -0.350 e. The van der Waals surface area contributed by atoms with Gasteiger partial charge in [-0.15, -0.1) is 0 Å². The lowest BCUT2D eigenvalue weighted by molar-refractivity contribution is 0.0946. The Morgan fingerprint density at radius 3 is 2.79 bits per heavy atom. The molecule has 0 atom stereocenters. The third-order valence-corrected chi connectivity index (χ3v) is 5.83. The van der Waals surface area contributed by atoms with Crippen LogP contribution in [0.4, 0.5) is 5.69 Å². The number of carbonyl (C=O) groups is 1. The van der Waals surface area contributed by atoms with E-state index in [4.69, 9.17) is 0 Å². The summed E-state index contributed by atoms with van der Waals surface area (Å²) in [6.07, 6.45) is 0.718. The molecule has 3 rings (SSSR count). The van der Waals surface area contributed by atoms with Crippen LogP contribution in [0.25, 0.3) is 0 Å². The number of nitrogens with one attached hydrogen (secondary N) is 1. The van der Waals surface area contributed by atoms with Crippen molar-refractivity contribution < 1.29 is 13.2 Å². The van der Waals surface area contributed by atoms with Crippen LogP contribution < -0.4 is 9.62 Å². The van der Waals surface area contributed by atoms with Crippen molar-refractivity contribution in [1.82, 2.24) is 15.1 Å². The Morgan fingerprint density at radius 1 is 1.33 bits per heavy atom. The molecule has 0 saturated carbocycles. The average Bonchev–Trinajstić information content (AvgIpc) is 3.10. The van der Waals surface area contributed by atoms with Crippen molar-refractivity contribution in [2.75, 3.05) is 23.1 Å². The van der Waals surface area contributed by atoms with Crippen LogP contribution in [0.1, 0.15) is 21.7 Å². The normalized spacial score (nSPS) is 13.8. The highest BCUT2D eigenvalue weighted by atomic mass is 32.2. The predicted molar refractivity (Wildman–Crippen MR) is 91.6 cm³/mol. The smallest absolute Gasteiger partial charge is 0.269 e. The largest absolute Gasteiger partial charge is 0.350 e. The number of aromatic nitrogens is 2. The highest BCUT2D eigenvalue weighted by Gasteiger charge is 2.28. The van der Waals surface area contributed by atoms with Crippen LogP contribution in [-0.4, -0.2) is 42.9 Å². The number of anilines is 1. The van der Waals surface area contributed by atoms with Gasteiger partial charge in [0.2, 0.25) is 10.0 Å². The molecular formula is C16H20N4O3S. The average molecular weight is 348 g/mol. The van der Waals surface area contributed by atoms with Crippen LogP contribution in [0.3, 0.4) is 0 Å². The fourth-order valence-electron chi connectivity index (χ4n) is 2.91. The van der Waals surface area contributed by atoms with Gasteiger partial charge in [-0.25, -0.2) is 8.42 Å². The Bertz CT molecular complexity index is 873. The van der Waals surface area contributed by atoms with Gasteiger partial charge < -0.3 is 5.32 Å². The van der Waals surface area contributed by atoms with E-state index >= 15 is 0 Å². The minimum absolute atomic E-state index is 0.0596. The molecule has 0 spiro atoms. The van der Waals surface area contributed by atoms with Crippen LogP contribution in [0.15, 0.2) is 30.3 Å². The van der Waals surface area contributed by atoms with Crippen LogP contribution in [0, 0.1) is 6.92 Å². The van der Waals surface area contributed by atoms with E-state index in [-0.39, 0.29) is 18.2 Å². The van der Waals surface area contributed by atoms with E-state index in [2.05, 4.69) is 10.4 Å². The summed E-state index contributed by atoms with van der Waals surface area (Å²) < 4.78 is 28.0. The minimum atomic E-state index is -3.46. The number of hydrogen-bond donors (Lipinski definition) is 1. The van der Waals surface area contributed by atoms with Gasteiger partial charge in [0, 0.05) is 20.1 Å². The summed E-state index contributed by atoms with van der Waals surface area (Å²) in [6.45, 7) is 2.31. The fourth-order valence-corrected chi connectivity index (χ4v) is 4.34. The SMILES string of the molecule is Cc1cc(C(=O)NCCS(=O)(=O)N2CCc3ccccc32)n(C)n1. The Kier molecular flexibility index (Phi) is 4.31. The number of para-hydroxylation sites is 1. The molecule has 1 aliphatic heterocycles. The van der Waals surface area contributed by atoms with Gasteiger partial charge in [-0.2, -0.15) is 5.10 Å². The first-order valence-corrected chi connectivity index (χ1v) is 9.36. The maximum atomic E-state index is 12.5. The third kappa shape index (κ3) is 3.14. The number of carbonyl (C=O) groups excluding carboxylic acids is 1. The zero-order valence-electron chi connectivity index (χ0n) is 13.7. The highest BCUT2D eigenvalue weighted by molar-refractivity contribution is 7.92. The lowest BCUT2D eigenvalue weighted by Crippen LogP contribution is -2.37. The molecule has 128 valence electrons. The molecule has 0 bridgehead atoms. The van der Waals surface area contributed by atoms with Crippen molar-refractivity contribution in [2.24, 2.45) is 7.05 Å². The first kappa shape index (κ1) is 16.5. The van der Waals surface area contributed by atoms with Crippen LogP contribution in [0.5, 0.6) is 0 Å². The molecule has 2 heterocycles. The molecule has 1 amide bonds. The van der Waals surface area contributed by atoms with Crippen LogP contribution >= 0.6 is 0 Å². The maximum absolute atomic E-state index is 12.5. The summed E-state index contributed by atoms with van der Waals surface area (Å²) in [7, 11) is -1.78. The third-order valence-electron chi connectivity index (χ3n) is 4.06. The monoisotopic (exact) mass is 348 g/mol. The summed E-state index contributed by atoms with van der Waals surface area (Å²) in [5.74, 6) is -0.459. The number of fused-ring (bicyclic) bond motifs is 1. The van der Waals surface area contributed by atoms with Gasteiger partial charge in [-0.3, -0.25) is 13.8 Å². The van der Waals surface area contributed by atoms with Crippen molar-refractivity contribution in [3.63, 3.8) is 0 Å². The molecular weight excluding hydrogens is 328 g/mol. The van der Waals surface area contributed by atoms with Gasteiger partial charge >= 0.3 is 0 Å². The second-order valence-electron chi connectivity index (χ2n) is 5.82. The molecule has 1 aliphatic rings. The highest BCUT2D eigenvalue weighted by Crippen LogP contribution is 2.29.